The molecule has 6 heteroatoms. The molecule has 23 heavy (non-hydrogen) atoms. The molecule has 1 aliphatic rings. The summed E-state index contributed by atoms with van der Waals surface area (Å²) in [6.07, 6.45) is 2.20. The molecule has 2 N–H and O–H groups in total. The SMILES string of the molecule is CCCC(C)C1(CC)C(=O)NC(=Nc2ccc(Cl)cc2)NC1=O. The number of hydrogen-bond acceptors (Lipinski definition) is 3. The molecule has 124 valence electrons. The first-order valence-corrected chi connectivity index (χ1v) is 8.29. The van der Waals surface area contributed by atoms with Crippen molar-refractivity contribution in [1.29, 1.82) is 0 Å². The number of benzene rings is 1. The average Bonchev–Trinajstić information content (AvgIpc) is 2.50. The fourth-order valence-corrected chi connectivity index (χ4v) is 3.20. The van der Waals surface area contributed by atoms with Gasteiger partial charge >= 0.3 is 0 Å². The van der Waals surface area contributed by atoms with Gasteiger partial charge in [0.05, 0.1) is 5.69 Å². The van der Waals surface area contributed by atoms with E-state index in [0.717, 1.165) is 12.8 Å². The van der Waals surface area contributed by atoms with Crippen molar-refractivity contribution in [2.24, 2.45) is 16.3 Å². The second-order valence-electron chi connectivity index (χ2n) is 5.86. The lowest BCUT2D eigenvalue weighted by Crippen LogP contribution is -2.64. The fraction of sp³-hybridized carbons (Fsp3) is 0.471. The molecule has 1 fully saturated rings. The molecule has 2 rings (SSSR count). The third-order valence-electron chi connectivity index (χ3n) is 4.46. The Balaban J connectivity index is 2.26. The molecular formula is C17H22ClN3O2. The summed E-state index contributed by atoms with van der Waals surface area (Å²) < 4.78 is 0. The van der Waals surface area contributed by atoms with Gasteiger partial charge in [0.1, 0.15) is 5.41 Å². The van der Waals surface area contributed by atoms with Crippen LogP contribution in [0.15, 0.2) is 29.3 Å². The minimum absolute atomic E-state index is 0.0328. The zero-order chi connectivity index (χ0) is 17.0. The highest BCUT2D eigenvalue weighted by Crippen LogP contribution is 2.36. The molecule has 1 heterocycles. The third-order valence-corrected chi connectivity index (χ3v) is 4.71. The molecule has 1 saturated heterocycles. The molecule has 0 aromatic heterocycles. The van der Waals surface area contributed by atoms with Crippen LogP contribution in [0.4, 0.5) is 5.69 Å². The number of hydrogen-bond donors (Lipinski definition) is 2. The Morgan fingerprint density at radius 1 is 1.13 bits per heavy atom. The summed E-state index contributed by atoms with van der Waals surface area (Å²) in [7, 11) is 0. The molecule has 0 spiro atoms. The molecule has 5 nitrogen and oxygen atoms in total. The van der Waals surface area contributed by atoms with Crippen LogP contribution in [0.3, 0.4) is 0 Å². The van der Waals surface area contributed by atoms with Crippen molar-refractivity contribution in [3.8, 4) is 0 Å². The third kappa shape index (κ3) is 3.39. The van der Waals surface area contributed by atoms with Crippen molar-refractivity contribution < 1.29 is 9.59 Å². The number of nitrogens with one attached hydrogen (secondary N) is 2. The van der Waals surface area contributed by atoms with E-state index in [1.54, 1.807) is 24.3 Å². The van der Waals surface area contributed by atoms with Crippen LogP contribution in [0.25, 0.3) is 0 Å². The second-order valence-corrected chi connectivity index (χ2v) is 6.30. The van der Waals surface area contributed by atoms with Gasteiger partial charge in [-0.25, -0.2) is 4.99 Å². The van der Waals surface area contributed by atoms with Gasteiger partial charge < -0.3 is 0 Å². The van der Waals surface area contributed by atoms with E-state index in [-0.39, 0.29) is 23.7 Å². The molecular weight excluding hydrogens is 314 g/mol. The average molecular weight is 336 g/mol. The van der Waals surface area contributed by atoms with Crippen LogP contribution in [0.1, 0.15) is 40.0 Å². The number of amides is 2. The first-order chi connectivity index (χ1) is 10.9. The zero-order valence-corrected chi connectivity index (χ0v) is 14.4. The van der Waals surface area contributed by atoms with Crippen LogP contribution in [0.5, 0.6) is 0 Å². The standard InChI is InChI=1S/C17H22ClN3O2/c1-4-6-11(3)17(5-2)14(22)20-16(21-15(17)23)19-13-9-7-12(18)8-10-13/h7-11H,4-6H2,1-3H3,(H2,19,20,21,22,23). The summed E-state index contributed by atoms with van der Waals surface area (Å²) in [5.74, 6) is -0.431. The molecule has 1 atom stereocenters. The molecule has 0 aliphatic carbocycles. The molecule has 1 unspecified atom stereocenters. The number of rotatable bonds is 5. The van der Waals surface area contributed by atoms with Crippen LogP contribution in [-0.4, -0.2) is 17.8 Å². The van der Waals surface area contributed by atoms with E-state index in [2.05, 4.69) is 15.6 Å². The predicted octanol–water partition coefficient (Wildman–Crippen LogP) is 3.41. The predicted molar refractivity (Wildman–Crippen MR) is 91.6 cm³/mol. The molecule has 0 bridgehead atoms. The van der Waals surface area contributed by atoms with Gasteiger partial charge in [-0.3, -0.25) is 20.2 Å². The quantitative estimate of drug-likeness (QED) is 0.809. The van der Waals surface area contributed by atoms with Crippen molar-refractivity contribution >= 4 is 35.1 Å². The summed E-state index contributed by atoms with van der Waals surface area (Å²) in [6.45, 7) is 5.87. The summed E-state index contributed by atoms with van der Waals surface area (Å²) in [5.41, 5.74) is -0.426. The summed E-state index contributed by atoms with van der Waals surface area (Å²) in [6, 6.07) is 6.84. The smallest absolute Gasteiger partial charge is 0.242 e. The number of aliphatic imine (C=N–C) groups is 1. The minimum Gasteiger partial charge on any atom is -0.295 e. The molecule has 1 aromatic carbocycles. The van der Waals surface area contributed by atoms with E-state index < -0.39 is 5.41 Å². The Labute approximate surface area is 141 Å². The number of carbonyl (C=O) groups is 2. The molecule has 0 saturated carbocycles. The zero-order valence-electron chi connectivity index (χ0n) is 13.6. The first kappa shape index (κ1) is 17.5. The van der Waals surface area contributed by atoms with E-state index in [1.165, 1.54) is 0 Å². The monoisotopic (exact) mass is 335 g/mol. The van der Waals surface area contributed by atoms with Gasteiger partial charge in [-0.2, -0.15) is 0 Å². The first-order valence-electron chi connectivity index (χ1n) is 7.91. The second kappa shape index (κ2) is 7.13. The summed E-state index contributed by atoms with van der Waals surface area (Å²) in [4.78, 5) is 29.6. The molecule has 0 radical (unpaired) electrons. The Kier molecular flexibility index (Phi) is 5.42. The van der Waals surface area contributed by atoms with E-state index in [0.29, 0.717) is 17.1 Å². The maximum absolute atomic E-state index is 12.7. The number of guanidine groups is 1. The van der Waals surface area contributed by atoms with Crippen LogP contribution in [0, 0.1) is 11.3 Å². The number of carbonyl (C=O) groups excluding carboxylic acids is 2. The Morgan fingerprint density at radius 2 is 1.70 bits per heavy atom. The van der Waals surface area contributed by atoms with Crippen molar-refractivity contribution in [1.82, 2.24) is 10.6 Å². The minimum atomic E-state index is -1.03. The van der Waals surface area contributed by atoms with Crippen LogP contribution in [-0.2, 0) is 9.59 Å². The van der Waals surface area contributed by atoms with E-state index in [9.17, 15) is 9.59 Å². The van der Waals surface area contributed by atoms with E-state index >= 15 is 0 Å². The molecule has 1 aromatic rings. The van der Waals surface area contributed by atoms with E-state index in [1.807, 2.05) is 20.8 Å². The normalized spacial score (nSPS) is 22.3. The van der Waals surface area contributed by atoms with Gasteiger partial charge in [0.15, 0.2) is 0 Å². The lowest BCUT2D eigenvalue weighted by Gasteiger charge is -2.38. The highest BCUT2D eigenvalue weighted by Gasteiger charge is 2.51. The van der Waals surface area contributed by atoms with Gasteiger partial charge in [0.2, 0.25) is 17.8 Å². The van der Waals surface area contributed by atoms with Crippen LogP contribution < -0.4 is 10.6 Å². The molecule has 1 aliphatic heterocycles. The lowest BCUT2D eigenvalue weighted by molar-refractivity contribution is -0.147. The van der Waals surface area contributed by atoms with Gasteiger partial charge in [-0.15, -0.1) is 0 Å². The maximum Gasteiger partial charge on any atom is 0.242 e. The van der Waals surface area contributed by atoms with Crippen molar-refractivity contribution in [2.45, 2.75) is 40.0 Å². The Hall–Kier alpha value is -1.88. The van der Waals surface area contributed by atoms with Crippen LogP contribution in [0.2, 0.25) is 5.02 Å². The van der Waals surface area contributed by atoms with E-state index in [4.69, 9.17) is 11.6 Å². The largest absolute Gasteiger partial charge is 0.295 e. The number of nitrogens with zero attached hydrogens (tertiary/aromatic N) is 1. The van der Waals surface area contributed by atoms with Crippen LogP contribution >= 0.6 is 11.6 Å². The Bertz CT molecular complexity index is 605. The van der Waals surface area contributed by atoms with Crippen molar-refractivity contribution in [2.75, 3.05) is 0 Å². The topological polar surface area (TPSA) is 70.6 Å². The maximum atomic E-state index is 12.7. The van der Waals surface area contributed by atoms with Crippen molar-refractivity contribution in [3.05, 3.63) is 29.3 Å². The van der Waals surface area contributed by atoms with Crippen molar-refractivity contribution in [3.63, 3.8) is 0 Å². The highest BCUT2D eigenvalue weighted by molar-refractivity contribution is 6.30. The molecule has 2 amide bonds. The number of halogens is 1. The Morgan fingerprint density at radius 3 is 2.17 bits per heavy atom. The fourth-order valence-electron chi connectivity index (χ4n) is 3.07. The van der Waals surface area contributed by atoms with Gasteiger partial charge in [-0.1, -0.05) is 38.8 Å². The summed E-state index contributed by atoms with van der Waals surface area (Å²) in [5, 5.41) is 6.08. The highest BCUT2D eigenvalue weighted by atomic mass is 35.5. The summed E-state index contributed by atoms with van der Waals surface area (Å²) >= 11 is 5.83. The lowest BCUT2D eigenvalue weighted by atomic mass is 9.70. The van der Waals surface area contributed by atoms with Gasteiger partial charge in [0, 0.05) is 5.02 Å². The van der Waals surface area contributed by atoms with Gasteiger partial charge in [0.25, 0.3) is 0 Å². The van der Waals surface area contributed by atoms with Gasteiger partial charge in [-0.05, 0) is 43.0 Å².